The average Bonchev–Trinajstić information content (AvgIpc) is 2.90. The van der Waals surface area contributed by atoms with Gasteiger partial charge in [-0.25, -0.2) is 0 Å². The van der Waals surface area contributed by atoms with Crippen LogP contribution in [0.1, 0.15) is 31.1 Å². The first-order chi connectivity index (χ1) is 8.84. The third kappa shape index (κ3) is 2.42. The van der Waals surface area contributed by atoms with Gasteiger partial charge < -0.3 is 9.84 Å². The van der Waals surface area contributed by atoms with Crippen molar-refractivity contribution in [2.24, 2.45) is 0 Å². The van der Waals surface area contributed by atoms with Crippen LogP contribution in [0.25, 0.3) is 11.5 Å². The van der Waals surface area contributed by atoms with Gasteiger partial charge in [-0.05, 0) is 54.1 Å². The number of nitrogens with zero attached hydrogens (tertiary/aromatic N) is 2. The first-order valence-corrected chi connectivity index (χ1v) is 7.24. The van der Waals surface area contributed by atoms with Crippen LogP contribution in [0.5, 0.6) is 0 Å². The van der Waals surface area contributed by atoms with Crippen LogP contribution in [0, 0.1) is 3.57 Å². The largest absolute Gasteiger partial charge is 0.334 e. The minimum Gasteiger partial charge on any atom is -0.334 e. The summed E-state index contributed by atoms with van der Waals surface area (Å²) >= 11 is 2.28. The Morgan fingerprint density at radius 3 is 2.94 bits per heavy atom. The van der Waals surface area contributed by atoms with Crippen LogP contribution in [-0.2, 0) is 0 Å². The van der Waals surface area contributed by atoms with E-state index in [1.807, 2.05) is 24.3 Å². The molecule has 0 saturated carbocycles. The van der Waals surface area contributed by atoms with Gasteiger partial charge in [-0.2, -0.15) is 4.98 Å². The fourth-order valence-electron chi connectivity index (χ4n) is 2.19. The normalized spacial score (nSPS) is 19.9. The fraction of sp³-hybridized carbons (Fsp3) is 0.385. The summed E-state index contributed by atoms with van der Waals surface area (Å²) in [5.41, 5.74) is 1.01. The van der Waals surface area contributed by atoms with Gasteiger partial charge in [0.25, 0.3) is 5.89 Å². The first-order valence-electron chi connectivity index (χ1n) is 6.16. The summed E-state index contributed by atoms with van der Waals surface area (Å²) in [4.78, 5) is 4.52. The van der Waals surface area contributed by atoms with Crippen molar-refractivity contribution in [3.8, 4) is 11.5 Å². The van der Waals surface area contributed by atoms with E-state index in [4.69, 9.17) is 4.52 Å². The number of hydrogen-bond donors (Lipinski definition) is 1. The predicted octanol–water partition coefficient (Wildman–Crippen LogP) is 3.16. The molecule has 2 aromatic rings. The Morgan fingerprint density at radius 1 is 1.28 bits per heavy atom. The SMILES string of the molecule is Ic1ccccc1-c1nc(C2CCCCN2)no1. The molecular weight excluding hydrogens is 341 g/mol. The molecule has 18 heavy (non-hydrogen) atoms. The van der Waals surface area contributed by atoms with E-state index in [-0.39, 0.29) is 6.04 Å². The monoisotopic (exact) mass is 355 g/mol. The average molecular weight is 355 g/mol. The number of benzene rings is 1. The second kappa shape index (κ2) is 5.36. The molecule has 0 spiro atoms. The molecule has 1 aliphatic heterocycles. The van der Waals surface area contributed by atoms with Crippen LogP contribution in [0.3, 0.4) is 0 Å². The summed E-state index contributed by atoms with van der Waals surface area (Å²) in [6.45, 7) is 1.04. The lowest BCUT2D eigenvalue weighted by molar-refractivity contribution is 0.367. The number of halogens is 1. The van der Waals surface area contributed by atoms with Crippen molar-refractivity contribution in [3.63, 3.8) is 0 Å². The quantitative estimate of drug-likeness (QED) is 0.841. The van der Waals surface area contributed by atoms with E-state index < -0.39 is 0 Å². The second-order valence-corrected chi connectivity index (χ2v) is 5.60. The van der Waals surface area contributed by atoms with Crippen molar-refractivity contribution in [3.05, 3.63) is 33.7 Å². The van der Waals surface area contributed by atoms with Crippen LogP contribution in [0.4, 0.5) is 0 Å². The van der Waals surface area contributed by atoms with Crippen molar-refractivity contribution in [2.75, 3.05) is 6.54 Å². The van der Waals surface area contributed by atoms with E-state index in [0.717, 1.165) is 27.9 Å². The zero-order chi connectivity index (χ0) is 12.4. The van der Waals surface area contributed by atoms with Gasteiger partial charge in [-0.3, -0.25) is 0 Å². The Kier molecular flexibility index (Phi) is 3.60. The fourth-order valence-corrected chi connectivity index (χ4v) is 2.81. The van der Waals surface area contributed by atoms with E-state index in [0.29, 0.717) is 5.89 Å². The maximum atomic E-state index is 5.38. The van der Waals surface area contributed by atoms with Gasteiger partial charge in [-0.1, -0.05) is 23.7 Å². The molecule has 1 aromatic carbocycles. The van der Waals surface area contributed by atoms with Gasteiger partial charge in [0.2, 0.25) is 0 Å². The highest BCUT2D eigenvalue weighted by Gasteiger charge is 2.21. The maximum Gasteiger partial charge on any atom is 0.259 e. The molecule has 1 saturated heterocycles. The van der Waals surface area contributed by atoms with Gasteiger partial charge in [0, 0.05) is 3.57 Å². The highest BCUT2D eigenvalue weighted by Crippen LogP contribution is 2.26. The lowest BCUT2D eigenvalue weighted by Gasteiger charge is -2.19. The Bertz CT molecular complexity index is 535. The minimum atomic E-state index is 0.248. The first kappa shape index (κ1) is 12.1. The number of piperidine rings is 1. The zero-order valence-corrected chi connectivity index (χ0v) is 12.1. The van der Waals surface area contributed by atoms with Crippen molar-refractivity contribution in [2.45, 2.75) is 25.3 Å². The summed E-state index contributed by atoms with van der Waals surface area (Å²) in [6, 6.07) is 8.29. The Hall–Kier alpha value is -0.950. The Labute approximate surface area is 119 Å². The lowest BCUT2D eigenvalue weighted by Crippen LogP contribution is -2.27. The molecule has 0 aliphatic carbocycles. The van der Waals surface area contributed by atoms with Crippen molar-refractivity contribution in [1.29, 1.82) is 0 Å². The van der Waals surface area contributed by atoms with Crippen LogP contribution >= 0.6 is 22.6 Å². The third-order valence-corrected chi connectivity index (χ3v) is 4.11. The number of aromatic nitrogens is 2. The van der Waals surface area contributed by atoms with Crippen molar-refractivity contribution < 1.29 is 4.52 Å². The molecule has 0 amide bonds. The molecule has 94 valence electrons. The molecule has 0 bridgehead atoms. The molecule has 1 atom stereocenters. The molecule has 1 N–H and O–H groups in total. The molecule has 3 rings (SSSR count). The second-order valence-electron chi connectivity index (χ2n) is 4.44. The smallest absolute Gasteiger partial charge is 0.259 e. The summed E-state index contributed by atoms with van der Waals surface area (Å²) in [5.74, 6) is 1.40. The molecule has 0 radical (unpaired) electrons. The third-order valence-electron chi connectivity index (χ3n) is 3.17. The summed E-state index contributed by atoms with van der Waals surface area (Å²) < 4.78 is 6.51. The maximum absolute atomic E-state index is 5.38. The van der Waals surface area contributed by atoms with Crippen LogP contribution in [-0.4, -0.2) is 16.7 Å². The molecule has 1 aliphatic rings. The van der Waals surface area contributed by atoms with Crippen LogP contribution in [0.2, 0.25) is 0 Å². The lowest BCUT2D eigenvalue weighted by atomic mass is 10.0. The summed E-state index contributed by atoms with van der Waals surface area (Å²) in [7, 11) is 0. The Morgan fingerprint density at radius 2 is 2.17 bits per heavy atom. The minimum absolute atomic E-state index is 0.248. The number of rotatable bonds is 2. The van der Waals surface area contributed by atoms with Gasteiger partial charge in [0.05, 0.1) is 11.6 Å². The van der Waals surface area contributed by atoms with Crippen LogP contribution in [0.15, 0.2) is 28.8 Å². The number of nitrogens with one attached hydrogen (secondary N) is 1. The van der Waals surface area contributed by atoms with Gasteiger partial charge in [0.1, 0.15) is 0 Å². The van der Waals surface area contributed by atoms with Gasteiger partial charge in [0.15, 0.2) is 5.82 Å². The molecule has 5 heteroatoms. The van der Waals surface area contributed by atoms with Gasteiger partial charge in [-0.15, -0.1) is 0 Å². The van der Waals surface area contributed by atoms with E-state index in [1.165, 1.54) is 12.8 Å². The summed E-state index contributed by atoms with van der Waals surface area (Å²) in [5, 5.41) is 7.53. The molecule has 1 unspecified atom stereocenters. The van der Waals surface area contributed by atoms with E-state index in [9.17, 15) is 0 Å². The van der Waals surface area contributed by atoms with E-state index >= 15 is 0 Å². The highest BCUT2D eigenvalue weighted by molar-refractivity contribution is 14.1. The Balaban J connectivity index is 1.87. The van der Waals surface area contributed by atoms with Crippen LogP contribution < -0.4 is 5.32 Å². The number of hydrogen-bond acceptors (Lipinski definition) is 4. The highest BCUT2D eigenvalue weighted by atomic mass is 127. The van der Waals surface area contributed by atoms with E-state index in [1.54, 1.807) is 0 Å². The molecule has 1 fully saturated rings. The standard InChI is InChI=1S/C13H14IN3O/c14-10-6-2-1-5-9(10)13-16-12(17-18-13)11-7-3-4-8-15-11/h1-2,5-6,11,15H,3-4,7-8H2. The molecule has 4 nitrogen and oxygen atoms in total. The summed E-state index contributed by atoms with van der Waals surface area (Å²) in [6.07, 6.45) is 3.55. The van der Waals surface area contributed by atoms with Gasteiger partial charge >= 0.3 is 0 Å². The van der Waals surface area contributed by atoms with Crippen molar-refractivity contribution >= 4 is 22.6 Å². The topological polar surface area (TPSA) is 51.0 Å². The molecular formula is C13H14IN3O. The predicted molar refractivity (Wildman–Crippen MR) is 77.0 cm³/mol. The zero-order valence-electron chi connectivity index (χ0n) is 9.90. The molecule has 2 heterocycles. The van der Waals surface area contributed by atoms with E-state index in [2.05, 4.69) is 38.0 Å². The molecule has 1 aromatic heterocycles. The van der Waals surface area contributed by atoms with Crippen molar-refractivity contribution in [1.82, 2.24) is 15.5 Å².